The highest BCUT2D eigenvalue weighted by Crippen LogP contribution is 2.35. The van der Waals surface area contributed by atoms with Gasteiger partial charge in [-0.05, 0) is 99.5 Å². The summed E-state index contributed by atoms with van der Waals surface area (Å²) in [7, 11) is -3.12. The summed E-state index contributed by atoms with van der Waals surface area (Å²) in [5.74, 6) is -0.948. The molecule has 0 atom stereocenters. The fourth-order valence-corrected chi connectivity index (χ4v) is 9.42. The molecular formula is C48H59Cl3N6O9S2. The van der Waals surface area contributed by atoms with E-state index < -0.39 is 21.5 Å². The molecule has 0 aliphatic heterocycles. The number of hydrogen-bond donors (Lipinski definition) is 3. The van der Waals surface area contributed by atoms with Crippen molar-refractivity contribution in [1.29, 1.82) is 0 Å². The van der Waals surface area contributed by atoms with E-state index in [1.807, 2.05) is 30.9 Å². The van der Waals surface area contributed by atoms with Crippen molar-refractivity contribution in [3.8, 4) is 5.75 Å². The zero-order chi connectivity index (χ0) is 49.2. The van der Waals surface area contributed by atoms with E-state index in [0.717, 1.165) is 48.1 Å². The molecule has 0 saturated heterocycles. The number of amides is 1. The second kappa shape index (κ2) is 27.0. The maximum atomic E-state index is 14.9. The number of rotatable bonds is 28. The molecule has 68 heavy (non-hydrogen) atoms. The Bertz CT molecular complexity index is 2710. The number of fused-ring (bicyclic) bond motifs is 1. The van der Waals surface area contributed by atoms with Gasteiger partial charge in [-0.3, -0.25) is 14.3 Å². The van der Waals surface area contributed by atoms with E-state index in [2.05, 4.69) is 17.0 Å². The summed E-state index contributed by atoms with van der Waals surface area (Å²) >= 11 is 19.6. The number of ether oxygens (including phenoxy) is 1. The molecule has 0 aliphatic carbocycles. The van der Waals surface area contributed by atoms with Gasteiger partial charge in [-0.15, -0.1) is 4.73 Å². The molecule has 20 heteroatoms. The summed E-state index contributed by atoms with van der Waals surface area (Å²) in [4.78, 5) is 51.5. The van der Waals surface area contributed by atoms with Gasteiger partial charge < -0.3 is 24.9 Å². The Morgan fingerprint density at radius 2 is 1.57 bits per heavy atom. The predicted molar refractivity (Wildman–Crippen MR) is 274 cm³/mol. The van der Waals surface area contributed by atoms with Crippen LogP contribution >= 0.6 is 46.8 Å². The standard InChI is InChI=1S/C48H59Cl3N6O9S2/c1-6-9-10-11-12-13-14-15-16-17-26-64-44-23-20-35(68(61,62)55-42-31-38(50)37(49)30-39(42)51)29-43(44)54-47(59)45(52-40-21-18-33(27-32(40)4)56(7-2)24-25-58)46-53-41-22-19-34(67-66-65-8-3)28-36(41)48(60)57(46)63-5/h18-23,27-31,55,58H,6-17,24-26H2,1-5H3,(H,54,59)/b52-45+. The number of nitrogens with zero attached hydrogens (tertiary/aromatic N) is 4. The fourth-order valence-electron chi connectivity index (χ4n) is 7.16. The number of aryl methyl sites for hydroxylation is 1. The van der Waals surface area contributed by atoms with Crippen LogP contribution in [0.4, 0.5) is 22.7 Å². The van der Waals surface area contributed by atoms with Crippen LogP contribution in [-0.2, 0) is 24.0 Å². The highest BCUT2D eigenvalue weighted by Gasteiger charge is 2.27. The molecule has 3 N–H and O–H groups in total. The van der Waals surface area contributed by atoms with E-state index >= 15 is 0 Å². The van der Waals surface area contributed by atoms with E-state index in [-0.39, 0.29) is 72.7 Å². The van der Waals surface area contributed by atoms with Gasteiger partial charge >= 0.3 is 0 Å². The molecule has 1 aromatic heterocycles. The third kappa shape index (κ3) is 15.0. The number of likely N-dealkylation sites (N-methyl/N-ethyl adjacent to an activating group) is 1. The van der Waals surface area contributed by atoms with Crippen LogP contribution in [0.2, 0.25) is 15.1 Å². The number of unbranched alkanes of at least 4 members (excludes halogenated alkanes) is 9. The van der Waals surface area contributed by atoms with Crippen LogP contribution in [0.5, 0.6) is 5.75 Å². The first kappa shape index (κ1) is 54.4. The maximum absolute atomic E-state index is 14.9. The number of aromatic nitrogens is 2. The lowest BCUT2D eigenvalue weighted by Crippen LogP contribution is -2.36. The topological polar surface area (TPSA) is 183 Å². The van der Waals surface area contributed by atoms with Crippen LogP contribution < -0.4 is 30.1 Å². The zero-order valence-corrected chi connectivity index (χ0v) is 42.8. The lowest BCUT2D eigenvalue weighted by molar-refractivity contribution is -0.185. The minimum Gasteiger partial charge on any atom is -0.491 e. The van der Waals surface area contributed by atoms with E-state index in [9.17, 15) is 23.1 Å². The minimum absolute atomic E-state index is 0.00817. The number of anilines is 3. The Balaban J connectivity index is 1.57. The second-order valence-corrected chi connectivity index (χ2v) is 19.4. The lowest BCUT2D eigenvalue weighted by atomic mass is 10.1. The van der Waals surface area contributed by atoms with Gasteiger partial charge in [0.25, 0.3) is 21.5 Å². The summed E-state index contributed by atoms with van der Waals surface area (Å²) in [5, 5.41) is 12.9. The van der Waals surface area contributed by atoms with Gasteiger partial charge in [-0.1, -0.05) is 99.5 Å². The summed E-state index contributed by atoms with van der Waals surface area (Å²) in [5.41, 5.74) is 1.01. The third-order valence-electron chi connectivity index (χ3n) is 10.8. The molecule has 5 aromatic rings. The van der Waals surface area contributed by atoms with Crippen molar-refractivity contribution in [2.75, 3.05) is 55.0 Å². The zero-order valence-electron chi connectivity index (χ0n) is 38.9. The molecule has 1 heterocycles. The summed E-state index contributed by atoms with van der Waals surface area (Å²) < 4.78 is 42.6. The predicted octanol–water partition coefficient (Wildman–Crippen LogP) is 11.4. The number of hydrogen-bond acceptors (Lipinski definition) is 13. The molecule has 1 amide bonds. The van der Waals surface area contributed by atoms with Gasteiger partial charge in [-0.25, -0.2) is 23.3 Å². The van der Waals surface area contributed by atoms with Crippen molar-refractivity contribution in [3.63, 3.8) is 0 Å². The van der Waals surface area contributed by atoms with Crippen LogP contribution in [0, 0.1) is 6.92 Å². The van der Waals surface area contributed by atoms with Gasteiger partial charge in [0.2, 0.25) is 5.82 Å². The van der Waals surface area contributed by atoms with Crippen LogP contribution in [0.1, 0.15) is 96.4 Å². The molecular weight excluding hydrogens is 975 g/mol. The van der Waals surface area contributed by atoms with Crippen molar-refractivity contribution >= 4 is 102 Å². The molecule has 0 unspecified atom stereocenters. The number of nitrogens with one attached hydrogen (secondary N) is 2. The molecule has 0 saturated carbocycles. The number of carbonyl (C=O) groups excluding carboxylic acids is 1. The summed E-state index contributed by atoms with van der Waals surface area (Å²) in [6.07, 6.45) is 11.2. The Morgan fingerprint density at radius 1 is 0.868 bits per heavy atom. The Morgan fingerprint density at radius 3 is 2.24 bits per heavy atom. The van der Waals surface area contributed by atoms with E-state index in [4.69, 9.17) is 63.6 Å². The molecule has 0 aliphatic rings. The first-order chi connectivity index (χ1) is 32.7. The number of aliphatic hydroxyl groups is 1. The summed E-state index contributed by atoms with van der Waals surface area (Å²) in [6.45, 7) is 9.33. The number of aliphatic hydroxyl groups excluding tert-OH is 1. The first-order valence-electron chi connectivity index (χ1n) is 22.6. The average Bonchev–Trinajstić information content (AvgIpc) is 3.31. The van der Waals surface area contributed by atoms with Gasteiger partial charge in [0.15, 0.2) is 5.71 Å². The average molecular weight is 1030 g/mol. The van der Waals surface area contributed by atoms with Crippen LogP contribution in [0.15, 0.2) is 86.3 Å². The van der Waals surface area contributed by atoms with Gasteiger partial charge in [0.1, 0.15) is 12.9 Å². The van der Waals surface area contributed by atoms with Gasteiger partial charge in [0.05, 0.1) is 79.8 Å². The molecule has 0 spiro atoms. The SMILES string of the molecule is CCCCCCCCCCCCOc1ccc(S(=O)(=O)Nc2cc(Cl)c(Cl)cc2Cl)cc1NC(=O)/C(=N/c1ccc(N(CC)CCO)cc1C)c1nc2ccc(SOOCC)cc2c(=O)n1OC. The highest BCUT2D eigenvalue weighted by atomic mass is 35.5. The lowest BCUT2D eigenvalue weighted by Gasteiger charge is -2.22. The number of benzene rings is 4. The number of sulfonamides is 1. The maximum Gasteiger partial charge on any atom is 0.294 e. The van der Waals surface area contributed by atoms with Crippen molar-refractivity contribution in [3.05, 3.63) is 104 Å². The summed E-state index contributed by atoms with van der Waals surface area (Å²) in [6, 6.07) is 16.9. The Hall–Kier alpha value is -4.59. The van der Waals surface area contributed by atoms with Gasteiger partial charge in [-0.2, -0.15) is 4.33 Å². The molecule has 0 radical (unpaired) electrons. The Kier molecular flexibility index (Phi) is 21.6. The van der Waals surface area contributed by atoms with E-state index in [0.29, 0.717) is 35.8 Å². The molecule has 4 aromatic carbocycles. The van der Waals surface area contributed by atoms with Crippen LogP contribution in [-0.4, -0.2) is 74.9 Å². The largest absolute Gasteiger partial charge is 0.491 e. The monoisotopic (exact) mass is 1030 g/mol. The highest BCUT2D eigenvalue weighted by molar-refractivity contribution is 7.94. The van der Waals surface area contributed by atoms with E-state index in [1.165, 1.54) is 76.0 Å². The third-order valence-corrected chi connectivity index (χ3v) is 13.8. The van der Waals surface area contributed by atoms with Crippen molar-refractivity contribution in [2.24, 2.45) is 4.99 Å². The fraction of sp³-hybridized carbons (Fsp3) is 0.417. The van der Waals surface area contributed by atoms with E-state index in [1.54, 1.807) is 31.2 Å². The quantitative estimate of drug-likeness (QED) is 0.0108. The minimum atomic E-state index is -4.37. The molecule has 0 fully saturated rings. The van der Waals surface area contributed by atoms with Crippen LogP contribution in [0.25, 0.3) is 10.9 Å². The molecule has 0 bridgehead atoms. The second-order valence-electron chi connectivity index (χ2n) is 15.7. The van der Waals surface area contributed by atoms with Crippen LogP contribution in [0.3, 0.4) is 0 Å². The van der Waals surface area contributed by atoms with Crippen molar-refractivity contribution in [1.82, 2.24) is 9.71 Å². The van der Waals surface area contributed by atoms with Crippen molar-refractivity contribution < 1.29 is 37.1 Å². The molecule has 368 valence electrons. The Labute approximate surface area is 417 Å². The first-order valence-corrected chi connectivity index (χ1v) is 26.0. The molecule has 5 rings (SSSR count). The number of carbonyl (C=O) groups is 1. The smallest absolute Gasteiger partial charge is 0.294 e. The van der Waals surface area contributed by atoms with Crippen molar-refractivity contribution in [2.45, 2.75) is 102 Å². The number of halogens is 3. The normalized spacial score (nSPS) is 11.8. The van der Waals surface area contributed by atoms with Gasteiger partial charge in [0, 0.05) is 23.7 Å². The number of aliphatic imine (C=N–C) groups is 1. The molecule has 15 nitrogen and oxygen atoms in total.